The van der Waals surface area contributed by atoms with Crippen LogP contribution in [0.5, 0.6) is 5.75 Å². The van der Waals surface area contributed by atoms with Crippen LogP contribution in [0.15, 0.2) is 67.0 Å². The summed E-state index contributed by atoms with van der Waals surface area (Å²) in [6.07, 6.45) is 3.35. The van der Waals surface area contributed by atoms with Crippen molar-refractivity contribution in [3.8, 4) is 5.75 Å². The largest absolute Gasteiger partial charge is 0.495 e. The minimum Gasteiger partial charge on any atom is -0.495 e. The summed E-state index contributed by atoms with van der Waals surface area (Å²) in [5, 5.41) is 6.03. The zero-order chi connectivity index (χ0) is 19.9. The Morgan fingerprint density at radius 2 is 1.82 bits per heavy atom. The number of ether oxygens (including phenoxy) is 1. The van der Waals surface area contributed by atoms with Gasteiger partial charge in [0.25, 0.3) is 11.8 Å². The standard InChI is InChI=1S/C21H18ClN3O3/c1-28-19-8-7-17(22)11-18(19)25-21(27)16-6-2-5-15(10-16)20(26)24-13-14-4-3-9-23-12-14/h2-12H,13H2,1H3,(H,24,26)(H,25,27). The number of nitrogens with zero attached hydrogens (tertiary/aromatic N) is 1. The Labute approximate surface area is 167 Å². The predicted molar refractivity (Wildman–Crippen MR) is 108 cm³/mol. The summed E-state index contributed by atoms with van der Waals surface area (Å²) < 4.78 is 5.23. The molecule has 0 fully saturated rings. The van der Waals surface area contributed by atoms with E-state index in [2.05, 4.69) is 15.6 Å². The van der Waals surface area contributed by atoms with Crippen LogP contribution in [0.1, 0.15) is 26.3 Å². The summed E-state index contributed by atoms with van der Waals surface area (Å²) in [6.45, 7) is 0.350. The highest BCUT2D eigenvalue weighted by atomic mass is 35.5. The van der Waals surface area contributed by atoms with Gasteiger partial charge in [0, 0.05) is 35.1 Å². The van der Waals surface area contributed by atoms with Gasteiger partial charge in [-0.15, -0.1) is 0 Å². The molecule has 28 heavy (non-hydrogen) atoms. The van der Waals surface area contributed by atoms with Gasteiger partial charge in [0.15, 0.2) is 0 Å². The number of anilines is 1. The second-order valence-corrected chi connectivity index (χ2v) is 6.36. The average molecular weight is 396 g/mol. The molecule has 0 saturated carbocycles. The summed E-state index contributed by atoms with van der Waals surface area (Å²) >= 11 is 5.99. The van der Waals surface area contributed by atoms with Crippen molar-refractivity contribution in [1.29, 1.82) is 0 Å². The maximum absolute atomic E-state index is 12.6. The number of amides is 2. The summed E-state index contributed by atoms with van der Waals surface area (Å²) in [5.41, 5.74) is 2.06. The number of aromatic nitrogens is 1. The van der Waals surface area contributed by atoms with E-state index in [0.717, 1.165) is 5.56 Å². The fourth-order valence-corrected chi connectivity index (χ4v) is 2.73. The Hall–Kier alpha value is -3.38. The maximum atomic E-state index is 12.6. The van der Waals surface area contributed by atoms with Crippen LogP contribution in [0.2, 0.25) is 5.02 Å². The van der Waals surface area contributed by atoms with Crippen molar-refractivity contribution in [2.45, 2.75) is 6.54 Å². The molecule has 3 aromatic rings. The van der Waals surface area contributed by atoms with Crippen LogP contribution in [0.3, 0.4) is 0 Å². The van der Waals surface area contributed by atoms with Crippen LogP contribution in [0.25, 0.3) is 0 Å². The second kappa shape index (κ2) is 9.01. The summed E-state index contributed by atoms with van der Waals surface area (Å²) in [4.78, 5) is 29.0. The van der Waals surface area contributed by atoms with E-state index >= 15 is 0 Å². The van der Waals surface area contributed by atoms with Crippen LogP contribution in [-0.4, -0.2) is 23.9 Å². The second-order valence-electron chi connectivity index (χ2n) is 5.92. The molecule has 0 aliphatic rings. The van der Waals surface area contributed by atoms with Crippen molar-refractivity contribution in [3.63, 3.8) is 0 Å². The fourth-order valence-electron chi connectivity index (χ4n) is 2.56. The van der Waals surface area contributed by atoms with Crippen molar-refractivity contribution >= 4 is 29.1 Å². The average Bonchev–Trinajstić information content (AvgIpc) is 2.73. The number of carbonyl (C=O) groups excluding carboxylic acids is 2. The van der Waals surface area contributed by atoms with Crippen molar-refractivity contribution in [2.24, 2.45) is 0 Å². The molecule has 0 spiro atoms. The molecule has 0 bridgehead atoms. The first-order chi connectivity index (χ1) is 13.6. The van der Waals surface area contributed by atoms with Crippen LogP contribution < -0.4 is 15.4 Å². The minimum absolute atomic E-state index is 0.279. The molecule has 1 heterocycles. The highest BCUT2D eigenvalue weighted by Gasteiger charge is 2.13. The third-order valence-corrected chi connectivity index (χ3v) is 4.21. The summed E-state index contributed by atoms with van der Waals surface area (Å²) in [6, 6.07) is 15.1. The molecular formula is C21H18ClN3O3. The Morgan fingerprint density at radius 1 is 1.04 bits per heavy atom. The van der Waals surface area contributed by atoms with Gasteiger partial charge in [-0.3, -0.25) is 14.6 Å². The van der Waals surface area contributed by atoms with Crippen LogP contribution in [0, 0.1) is 0 Å². The fraction of sp³-hybridized carbons (Fsp3) is 0.0952. The van der Waals surface area contributed by atoms with E-state index in [1.54, 1.807) is 54.9 Å². The molecule has 0 radical (unpaired) electrons. The molecule has 0 aliphatic carbocycles. The first kappa shape index (κ1) is 19.4. The van der Waals surface area contributed by atoms with E-state index in [1.807, 2.05) is 6.07 Å². The third-order valence-electron chi connectivity index (χ3n) is 3.97. The van der Waals surface area contributed by atoms with E-state index in [4.69, 9.17) is 16.3 Å². The van der Waals surface area contributed by atoms with Crippen molar-refractivity contribution in [2.75, 3.05) is 12.4 Å². The van der Waals surface area contributed by atoms with E-state index in [9.17, 15) is 9.59 Å². The van der Waals surface area contributed by atoms with Crippen LogP contribution in [0.4, 0.5) is 5.69 Å². The SMILES string of the molecule is COc1ccc(Cl)cc1NC(=O)c1cccc(C(=O)NCc2cccnc2)c1. The zero-order valence-electron chi connectivity index (χ0n) is 15.1. The molecule has 1 aromatic heterocycles. The van der Waals surface area contributed by atoms with E-state index in [1.165, 1.54) is 13.2 Å². The van der Waals surface area contributed by atoms with Crippen LogP contribution >= 0.6 is 11.6 Å². The Morgan fingerprint density at radius 3 is 2.54 bits per heavy atom. The lowest BCUT2D eigenvalue weighted by Crippen LogP contribution is -2.23. The van der Waals surface area contributed by atoms with Crippen molar-refractivity contribution in [1.82, 2.24) is 10.3 Å². The molecule has 3 rings (SSSR count). The molecule has 2 aromatic carbocycles. The van der Waals surface area contributed by atoms with Gasteiger partial charge in [-0.2, -0.15) is 0 Å². The number of halogens is 1. The number of hydrogen-bond donors (Lipinski definition) is 2. The lowest BCUT2D eigenvalue weighted by atomic mass is 10.1. The topological polar surface area (TPSA) is 80.3 Å². The lowest BCUT2D eigenvalue weighted by molar-refractivity contribution is 0.0951. The van der Waals surface area contributed by atoms with E-state index in [0.29, 0.717) is 34.1 Å². The van der Waals surface area contributed by atoms with Crippen LogP contribution in [-0.2, 0) is 6.54 Å². The van der Waals surface area contributed by atoms with Gasteiger partial charge < -0.3 is 15.4 Å². The smallest absolute Gasteiger partial charge is 0.255 e. The highest BCUT2D eigenvalue weighted by molar-refractivity contribution is 6.31. The normalized spacial score (nSPS) is 10.2. The summed E-state index contributed by atoms with van der Waals surface area (Å²) in [7, 11) is 1.51. The van der Waals surface area contributed by atoms with Gasteiger partial charge in [0.2, 0.25) is 0 Å². The summed E-state index contributed by atoms with van der Waals surface area (Å²) in [5.74, 6) is -0.163. The molecule has 0 saturated heterocycles. The lowest BCUT2D eigenvalue weighted by Gasteiger charge is -2.11. The number of benzene rings is 2. The number of carbonyl (C=O) groups is 2. The molecule has 0 unspecified atom stereocenters. The van der Waals surface area contributed by atoms with E-state index in [-0.39, 0.29) is 11.8 Å². The van der Waals surface area contributed by atoms with Gasteiger partial charge in [-0.1, -0.05) is 23.7 Å². The van der Waals surface area contributed by atoms with Gasteiger partial charge in [-0.05, 0) is 48.0 Å². The zero-order valence-corrected chi connectivity index (χ0v) is 15.9. The molecule has 7 heteroatoms. The maximum Gasteiger partial charge on any atom is 0.255 e. The molecule has 2 amide bonds. The molecule has 0 aliphatic heterocycles. The first-order valence-corrected chi connectivity index (χ1v) is 8.86. The van der Waals surface area contributed by atoms with Gasteiger partial charge in [-0.25, -0.2) is 0 Å². The van der Waals surface area contributed by atoms with E-state index < -0.39 is 0 Å². The monoisotopic (exact) mass is 395 g/mol. The molecule has 142 valence electrons. The molecule has 0 atom stereocenters. The third kappa shape index (κ3) is 4.86. The molecular weight excluding hydrogens is 378 g/mol. The van der Waals surface area contributed by atoms with Gasteiger partial charge in [0.05, 0.1) is 12.8 Å². The number of hydrogen-bond acceptors (Lipinski definition) is 4. The number of methoxy groups -OCH3 is 1. The Kier molecular flexibility index (Phi) is 6.24. The highest BCUT2D eigenvalue weighted by Crippen LogP contribution is 2.28. The Balaban J connectivity index is 1.71. The van der Waals surface area contributed by atoms with Crippen molar-refractivity contribution < 1.29 is 14.3 Å². The molecule has 6 nitrogen and oxygen atoms in total. The van der Waals surface area contributed by atoms with Crippen molar-refractivity contribution in [3.05, 3.63) is 88.7 Å². The molecule has 2 N–H and O–H groups in total. The van der Waals surface area contributed by atoms with Gasteiger partial charge in [0.1, 0.15) is 5.75 Å². The Bertz CT molecular complexity index is 993. The van der Waals surface area contributed by atoms with Gasteiger partial charge >= 0.3 is 0 Å². The quantitative estimate of drug-likeness (QED) is 0.662. The minimum atomic E-state index is -0.373. The number of pyridine rings is 1. The number of rotatable bonds is 6. The first-order valence-electron chi connectivity index (χ1n) is 8.49. The number of nitrogens with one attached hydrogen (secondary N) is 2. The predicted octanol–water partition coefficient (Wildman–Crippen LogP) is 3.93.